The van der Waals surface area contributed by atoms with Gasteiger partial charge in [-0.2, -0.15) is 0 Å². The lowest BCUT2D eigenvalue weighted by atomic mass is 10.1. The van der Waals surface area contributed by atoms with E-state index in [4.69, 9.17) is 16.3 Å². The number of aromatic carboxylic acids is 1. The number of hydrogen-bond acceptors (Lipinski definition) is 6. The third kappa shape index (κ3) is 5.71. The van der Waals surface area contributed by atoms with E-state index in [0.717, 1.165) is 49.8 Å². The topological polar surface area (TPSA) is 78.2 Å². The highest BCUT2D eigenvalue weighted by Crippen LogP contribution is 2.39. The first-order chi connectivity index (χ1) is 21.2. The molecule has 1 aromatic heterocycles. The quantitative estimate of drug-likeness (QED) is 0.273. The zero-order valence-electron chi connectivity index (χ0n) is 24.4. The second kappa shape index (κ2) is 12.5. The number of rotatable bonds is 7. The second-order valence-electron chi connectivity index (χ2n) is 11.3. The summed E-state index contributed by atoms with van der Waals surface area (Å²) >= 11 is 6.97. The number of piperazine rings is 1. The Hall–Kier alpha value is -4.15. The number of carboxylic acids is 1. The maximum atomic E-state index is 15.8. The molecule has 44 heavy (non-hydrogen) atoms. The average Bonchev–Trinajstić information content (AvgIpc) is 3.02. The Labute approximate surface area is 258 Å². The van der Waals surface area contributed by atoms with E-state index in [1.54, 1.807) is 12.1 Å². The number of anilines is 2. The minimum absolute atomic E-state index is 0.00344. The van der Waals surface area contributed by atoms with Crippen LogP contribution in [-0.4, -0.2) is 66.9 Å². The van der Waals surface area contributed by atoms with Crippen LogP contribution in [-0.2, 0) is 6.54 Å². The maximum Gasteiger partial charge on any atom is 0.341 e. The van der Waals surface area contributed by atoms with Gasteiger partial charge in [-0.15, -0.1) is 0 Å². The van der Waals surface area contributed by atoms with Crippen LogP contribution in [0.2, 0.25) is 5.02 Å². The number of likely N-dealkylation sites (tertiary alicyclic amines) is 1. The summed E-state index contributed by atoms with van der Waals surface area (Å²) in [6, 6.07) is 13.0. The zero-order chi connectivity index (χ0) is 31.0. The summed E-state index contributed by atoms with van der Waals surface area (Å²) in [5.74, 6) is -1.99. The fourth-order valence-electron chi connectivity index (χ4n) is 6.27. The average molecular weight is 623 g/mol. The van der Waals surface area contributed by atoms with E-state index in [1.807, 2.05) is 23.1 Å². The highest BCUT2D eigenvalue weighted by atomic mass is 35.5. The number of hydrogen-bond donors (Lipinski definition) is 1. The van der Waals surface area contributed by atoms with Crippen LogP contribution in [0.3, 0.4) is 0 Å². The van der Waals surface area contributed by atoms with Crippen LogP contribution < -0.4 is 20.0 Å². The summed E-state index contributed by atoms with van der Waals surface area (Å²) < 4.78 is 36.5. The lowest BCUT2D eigenvalue weighted by Gasteiger charge is -2.38. The van der Waals surface area contributed by atoms with E-state index >= 15 is 4.39 Å². The Balaban J connectivity index is 1.42. The molecule has 0 amide bonds. The van der Waals surface area contributed by atoms with Crippen LogP contribution in [0.4, 0.5) is 20.2 Å². The molecule has 8 nitrogen and oxygen atoms in total. The molecule has 0 atom stereocenters. The number of aromatic nitrogens is 1. The Morgan fingerprint density at radius 3 is 2.27 bits per heavy atom. The number of methoxy groups -OCH3 is 1. The SMILES string of the molecule is COc1cc(CN2CCCCC2)ccc1-n1cc(C(=O)O)c(=O)c2cc(F)c(N3CCN(c4ccc(F)cc4)CC3)c(Cl)c21. The molecule has 0 saturated carbocycles. The first kappa shape index (κ1) is 29.9. The minimum Gasteiger partial charge on any atom is -0.495 e. The summed E-state index contributed by atoms with van der Waals surface area (Å²) in [6.07, 6.45) is 4.79. The Morgan fingerprint density at radius 1 is 0.932 bits per heavy atom. The predicted octanol–water partition coefficient (Wildman–Crippen LogP) is 5.94. The van der Waals surface area contributed by atoms with Crippen LogP contribution in [0.15, 0.2) is 59.5 Å². The number of piperidine rings is 1. The number of carbonyl (C=O) groups is 1. The Bertz CT molecular complexity index is 1770. The van der Waals surface area contributed by atoms with E-state index in [0.29, 0.717) is 37.6 Å². The lowest BCUT2D eigenvalue weighted by molar-refractivity contribution is 0.0695. The molecule has 3 aromatic carbocycles. The second-order valence-corrected chi connectivity index (χ2v) is 11.6. The number of benzene rings is 3. The van der Waals surface area contributed by atoms with Gasteiger partial charge in [-0.25, -0.2) is 13.6 Å². The molecule has 3 heterocycles. The molecule has 0 unspecified atom stereocenters. The van der Waals surface area contributed by atoms with E-state index in [2.05, 4.69) is 9.80 Å². The van der Waals surface area contributed by atoms with Gasteiger partial charge in [0.2, 0.25) is 5.43 Å². The predicted molar refractivity (Wildman–Crippen MR) is 168 cm³/mol. The number of pyridine rings is 1. The molecule has 2 aliphatic rings. The van der Waals surface area contributed by atoms with Crippen molar-refractivity contribution in [2.24, 2.45) is 0 Å². The molecule has 0 radical (unpaired) electrons. The number of halogens is 3. The van der Waals surface area contributed by atoms with Crippen molar-refractivity contribution >= 4 is 39.8 Å². The Kier molecular flexibility index (Phi) is 8.46. The van der Waals surface area contributed by atoms with Gasteiger partial charge >= 0.3 is 5.97 Å². The van der Waals surface area contributed by atoms with Gasteiger partial charge in [0.05, 0.1) is 34.4 Å². The van der Waals surface area contributed by atoms with Crippen molar-refractivity contribution in [1.29, 1.82) is 0 Å². The maximum absolute atomic E-state index is 15.8. The smallest absolute Gasteiger partial charge is 0.341 e. The fraction of sp³-hybridized carbons (Fsp3) is 0.333. The summed E-state index contributed by atoms with van der Waals surface area (Å²) in [7, 11) is 1.53. The van der Waals surface area contributed by atoms with Crippen molar-refractivity contribution in [2.45, 2.75) is 25.8 Å². The first-order valence-electron chi connectivity index (χ1n) is 14.7. The van der Waals surface area contributed by atoms with Crippen molar-refractivity contribution in [3.05, 3.63) is 92.7 Å². The monoisotopic (exact) mass is 622 g/mol. The summed E-state index contributed by atoms with van der Waals surface area (Å²) in [6.45, 7) is 4.73. The van der Waals surface area contributed by atoms with Gasteiger partial charge < -0.3 is 24.2 Å². The molecule has 230 valence electrons. The molecule has 1 N–H and O–H groups in total. The van der Waals surface area contributed by atoms with Gasteiger partial charge in [-0.3, -0.25) is 9.69 Å². The normalized spacial score (nSPS) is 16.0. The lowest BCUT2D eigenvalue weighted by Crippen LogP contribution is -2.47. The van der Waals surface area contributed by atoms with Gasteiger partial charge in [-0.05, 0) is 74.0 Å². The van der Waals surface area contributed by atoms with Crippen molar-refractivity contribution in [1.82, 2.24) is 9.47 Å². The van der Waals surface area contributed by atoms with Crippen LogP contribution in [0.5, 0.6) is 5.75 Å². The van der Waals surface area contributed by atoms with Gasteiger partial charge in [0.1, 0.15) is 22.9 Å². The highest BCUT2D eigenvalue weighted by molar-refractivity contribution is 6.38. The summed E-state index contributed by atoms with van der Waals surface area (Å²) in [4.78, 5) is 31.7. The third-order valence-corrected chi connectivity index (χ3v) is 8.89. The van der Waals surface area contributed by atoms with Crippen LogP contribution in [0.25, 0.3) is 16.6 Å². The molecule has 4 aromatic rings. The molecule has 11 heteroatoms. The van der Waals surface area contributed by atoms with Crippen molar-refractivity contribution < 1.29 is 23.4 Å². The molecular formula is C33H33ClF2N4O4. The molecular weight excluding hydrogens is 590 g/mol. The highest BCUT2D eigenvalue weighted by Gasteiger charge is 2.27. The van der Waals surface area contributed by atoms with Crippen LogP contribution in [0.1, 0.15) is 35.2 Å². The number of carboxylic acid groups (broad SMARTS) is 1. The number of fused-ring (bicyclic) bond motifs is 1. The third-order valence-electron chi connectivity index (χ3n) is 8.53. The molecule has 0 aliphatic carbocycles. The van der Waals surface area contributed by atoms with Gasteiger partial charge in [-0.1, -0.05) is 24.1 Å². The van der Waals surface area contributed by atoms with Gasteiger partial charge in [0, 0.05) is 44.6 Å². The zero-order valence-corrected chi connectivity index (χ0v) is 25.1. The van der Waals surface area contributed by atoms with E-state index in [9.17, 15) is 19.1 Å². The van der Waals surface area contributed by atoms with E-state index in [1.165, 1.54) is 36.4 Å². The Morgan fingerprint density at radius 2 is 1.61 bits per heavy atom. The van der Waals surface area contributed by atoms with Gasteiger partial charge in [0.25, 0.3) is 0 Å². The van der Waals surface area contributed by atoms with E-state index in [-0.39, 0.29) is 27.4 Å². The summed E-state index contributed by atoms with van der Waals surface area (Å²) in [5, 5.41) is 9.73. The van der Waals surface area contributed by atoms with Crippen molar-refractivity contribution in [3.8, 4) is 11.4 Å². The van der Waals surface area contributed by atoms with Crippen LogP contribution >= 0.6 is 11.6 Å². The number of nitrogens with zero attached hydrogens (tertiary/aromatic N) is 4. The molecule has 0 spiro atoms. The molecule has 0 bridgehead atoms. The van der Waals surface area contributed by atoms with E-state index < -0.39 is 22.8 Å². The summed E-state index contributed by atoms with van der Waals surface area (Å²) in [5.41, 5.74) is 1.38. The van der Waals surface area contributed by atoms with Gasteiger partial charge in [0.15, 0.2) is 0 Å². The fourth-order valence-corrected chi connectivity index (χ4v) is 6.67. The van der Waals surface area contributed by atoms with Crippen LogP contribution in [0, 0.1) is 11.6 Å². The van der Waals surface area contributed by atoms with Crippen molar-refractivity contribution in [2.75, 3.05) is 56.2 Å². The minimum atomic E-state index is -1.43. The standard InChI is InChI=1S/C33H33ClF2N4O4/c1-44-28-17-21(19-37-11-3-2-4-12-37)5-10-27(28)40-20-25(33(42)43)32(41)24-18-26(36)31(29(34)30(24)40)39-15-13-38(14-16-39)23-8-6-22(35)7-9-23/h5-10,17-18,20H,2-4,11-16,19H2,1H3,(H,42,43). The molecule has 2 fully saturated rings. The molecule has 6 rings (SSSR count). The largest absolute Gasteiger partial charge is 0.495 e. The first-order valence-corrected chi connectivity index (χ1v) is 15.1. The molecule has 2 aliphatic heterocycles. The number of ether oxygens (including phenoxy) is 1. The van der Waals surface area contributed by atoms with Crippen molar-refractivity contribution in [3.63, 3.8) is 0 Å². The molecule has 2 saturated heterocycles.